The molecular formula is C13H21N. The Morgan fingerprint density at radius 3 is 3.00 bits per heavy atom. The van der Waals surface area contributed by atoms with E-state index in [4.69, 9.17) is 0 Å². The molecule has 0 aromatic rings. The van der Waals surface area contributed by atoms with Crippen molar-refractivity contribution in [2.75, 3.05) is 13.1 Å². The van der Waals surface area contributed by atoms with Crippen molar-refractivity contribution in [3.63, 3.8) is 0 Å². The van der Waals surface area contributed by atoms with Gasteiger partial charge in [-0.15, -0.1) is 5.92 Å². The summed E-state index contributed by atoms with van der Waals surface area (Å²) >= 11 is 0. The van der Waals surface area contributed by atoms with Crippen LogP contribution in [0.3, 0.4) is 0 Å². The summed E-state index contributed by atoms with van der Waals surface area (Å²) in [6.07, 6.45) is 4.99. The van der Waals surface area contributed by atoms with Crippen LogP contribution in [0.15, 0.2) is 11.6 Å². The standard InChI is InChI=1S/C13H21N/c1-4-5-6-14-10-13-8-11(2)7-12(3)9-13/h7,11,13-14H,6,8-10H2,1-3H3. The molecule has 1 heteroatoms. The number of allylic oxidation sites excluding steroid dienone is 2. The number of hydrogen-bond donors (Lipinski definition) is 1. The van der Waals surface area contributed by atoms with Gasteiger partial charge in [-0.1, -0.05) is 24.5 Å². The van der Waals surface area contributed by atoms with Crippen molar-refractivity contribution in [2.24, 2.45) is 11.8 Å². The van der Waals surface area contributed by atoms with E-state index >= 15 is 0 Å². The van der Waals surface area contributed by atoms with Gasteiger partial charge >= 0.3 is 0 Å². The van der Waals surface area contributed by atoms with E-state index in [9.17, 15) is 0 Å². The average molecular weight is 191 g/mol. The van der Waals surface area contributed by atoms with Crippen molar-refractivity contribution in [1.29, 1.82) is 0 Å². The van der Waals surface area contributed by atoms with Crippen LogP contribution in [0.25, 0.3) is 0 Å². The monoisotopic (exact) mass is 191 g/mol. The summed E-state index contributed by atoms with van der Waals surface area (Å²) in [5.74, 6) is 7.50. The number of nitrogens with one attached hydrogen (secondary N) is 1. The van der Waals surface area contributed by atoms with Gasteiger partial charge in [0.05, 0.1) is 6.54 Å². The minimum Gasteiger partial charge on any atom is -0.306 e. The van der Waals surface area contributed by atoms with Crippen molar-refractivity contribution in [1.82, 2.24) is 5.32 Å². The maximum Gasteiger partial charge on any atom is 0.0576 e. The predicted octanol–water partition coefficient (Wildman–Crippen LogP) is 2.59. The fourth-order valence-corrected chi connectivity index (χ4v) is 2.27. The van der Waals surface area contributed by atoms with Gasteiger partial charge in [0.1, 0.15) is 0 Å². The Bertz CT molecular complexity index is 254. The fraction of sp³-hybridized carbons (Fsp3) is 0.692. The molecule has 0 spiro atoms. The maximum absolute atomic E-state index is 3.40. The topological polar surface area (TPSA) is 12.0 Å². The molecule has 0 bridgehead atoms. The first-order valence-corrected chi connectivity index (χ1v) is 5.50. The van der Waals surface area contributed by atoms with Crippen molar-refractivity contribution in [3.05, 3.63) is 11.6 Å². The molecule has 0 aromatic heterocycles. The maximum atomic E-state index is 3.40. The molecule has 1 aliphatic rings. The van der Waals surface area contributed by atoms with Gasteiger partial charge in [-0.05, 0) is 45.1 Å². The van der Waals surface area contributed by atoms with E-state index in [0.29, 0.717) is 0 Å². The molecule has 0 aromatic carbocycles. The van der Waals surface area contributed by atoms with Crippen LogP contribution in [0.2, 0.25) is 0 Å². The van der Waals surface area contributed by atoms with Crippen molar-refractivity contribution in [3.8, 4) is 11.8 Å². The Hall–Kier alpha value is -0.740. The molecule has 78 valence electrons. The average Bonchev–Trinajstić information content (AvgIpc) is 2.11. The van der Waals surface area contributed by atoms with Crippen LogP contribution >= 0.6 is 0 Å². The van der Waals surface area contributed by atoms with Crippen LogP contribution in [-0.4, -0.2) is 13.1 Å². The molecular weight excluding hydrogens is 170 g/mol. The highest BCUT2D eigenvalue weighted by atomic mass is 14.8. The zero-order valence-corrected chi connectivity index (χ0v) is 9.56. The van der Waals surface area contributed by atoms with Crippen LogP contribution in [0.4, 0.5) is 0 Å². The highest BCUT2D eigenvalue weighted by Gasteiger charge is 2.16. The van der Waals surface area contributed by atoms with Gasteiger partial charge in [0.25, 0.3) is 0 Å². The third kappa shape index (κ3) is 3.98. The van der Waals surface area contributed by atoms with Crippen LogP contribution in [-0.2, 0) is 0 Å². The van der Waals surface area contributed by atoms with E-state index in [-0.39, 0.29) is 0 Å². The summed E-state index contributed by atoms with van der Waals surface area (Å²) in [5.41, 5.74) is 1.55. The summed E-state index contributed by atoms with van der Waals surface area (Å²) < 4.78 is 0. The van der Waals surface area contributed by atoms with Gasteiger partial charge in [-0.25, -0.2) is 0 Å². The van der Waals surface area contributed by atoms with Crippen LogP contribution in [0, 0.1) is 23.7 Å². The van der Waals surface area contributed by atoms with Crippen molar-refractivity contribution >= 4 is 0 Å². The second-order valence-corrected chi connectivity index (χ2v) is 4.35. The fourth-order valence-electron chi connectivity index (χ4n) is 2.27. The molecule has 1 aliphatic carbocycles. The SMILES string of the molecule is CC#CCNCC1CC(C)=CC(C)C1. The summed E-state index contributed by atoms with van der Waals surface area (Å²) in [6, 6.07) is 0. The lowest BCUT2D eigenvalue weighted by Crippen LogP contribution is -2.26. The predicted molar refractivity (Wildman–Crippen MR) is 62.0 cm³/mol. The van der Waals surface area contributed by atoms with Crippen LogP contribution < -0.4 is 5.32 Å². The van der Waals surface area contributed by atoms with E-state index in [0.717, 1.165) is 24.9 Å². The molecule has 0 saturated carbocycles. The summed E-state index contributed by atoms with van der Waals surface area (Å²) in [5, 5.41) is 3.40. The summed E-state index contributed by atoms with van der Waals surface area (Å²) in [6.45, 7) is 8.39. The summed E-state index contributed by atoms with van der Waals surface area (Å²) in [7, 11) is 0. The Morgan fingerprint density at radius 1 is 1.57 bits per heavy atom. The smallest absolute Gasteiger partial charge is 0.0576 e. The lowest BCUT2D eigenvalue weighted by Gasteiger charge is -2.25. The first-order chi connectivity index (χ1) is 6.72. The molecule has 1 nitrogen and oxygen atoms in total. The second kappa shape index (κ2) is 5.88. The molecule has 2 unspecified atom stereocenters. The van der Waals surface area contributed by atoms with Gasteiger partial charge in [0.2, 0.25) is 0 Å². The Morgan fingerprint density at radius 2 is 2.36 bits per heavy atom. The third-order valence-electron chi connectivity index (χ3n) is 2.71. The normalized spacial score (nSPS) is 26.4. The third-order valence-corrected chi connectivity index (χ3v) is 2.71. The first kappa shape index (κ1) is 11.3. The van der Waals surface area contributed by atoms with E-state index in [1.807, 2.05) is 6.92 Å². The van der Waals surface area contributed by atoms with Crippen LogP contribution in [0.5, 0.6) is 0 Å². The van der Waals surface area contributed by atoms with Gasteiger partial charge in [0.15, 0.2) is 0 Å². The highest BCUT2D eigenvalue weighted by Crippen LogP contribution is 2.26. The molecule has 0 aliphatic heterocycles. The van der Waals surface area contributed by atoms with E-state index in [2.05, 4.69) is 37.1 Å². The molecule has 0 amide bonds. The Balaban J connectivity index is 2.25. The largest absolute Gasteiger partial charge is 0.306 e. The van der Waals surface area contributed by atoms with E-state index < -0.39 is 0 Å². The van der Waals surface area contributed by atoms with Gasteiger partial charge < -0.3 is 5.32 Å². The molecule has 2 atom stereocenters. The zero-order valence-electron chi connectivity index (χ0n) is 9.56. The molecule has 0 radical (unpaired) electrons. The molecule has 0 fully saturated rings. The Labute approximate surface area is 88.0 Å². The summed E-state index contributed by atoms with van der Waals surface area (Å²) in [4.78, 5) is 0. The zero-order chi connectivity index (χ0) is 10.4. The Kier molecular flexibility index (Phi) is 4.76. The van der Waals surface area contributed by atoms with Crippen LogP contribution in [0.1, 0.15) is 33.6 Å². The minimum atomic E-state index is 0.757. The first-order valence-electron chi connectivity index (χ1n) is 5.50. The van der Waals surface area contributed by atoms with E-state index in [1.54, 1.807) is 5.57 Å². The van der Waals surface area contributed by atoms with Crippen molar-refractivity contribution < 1.29 is 0 Å². The van der Waals surface area contributed by atoms with E-state index in [1.165, 1.54) is 12.8 Å². The van der Waals surface area contributed by atoms with Crippen molar-refractivity contribution in [2.45, 2.75) is 33.6 Å². The second-order valence-electron chi connectivity index (χ2n) is 4.35. The number of rotatable bonds is 3. The highest BCUT2D eigenvalue weighted by molar-refractivity contribution is 5.06. The van der Waals surface area contributed by atoms with Gasteiger partial charge in [0, 0.05) is 0 Å². The molecule has 1 rings (SSSR count). The van der Waals surface area contributed by atoms with Gasteiger partial charge in [-0.2, -0.15) is 0 Å². The molecule has 1 N–H and O–H groups in total. The molecule has 0 heterocycles. The lowest BCUT2D eigenvalue weighted by molar-refractivity contribution is 0.388. The lowest BCUT2D eigenvalue weighted by atomic mass is 9.84. The number of hydrogen-bond acceptors (Lipinski definition) is 1. The molecule has 14 heavy (non-hydrogen) atoms. The molecule has 0 saturated heterocycles. The minimum absolute atomic E-state index is 0.757. The quantitative estimate of drug-likeness (QED) is 0.411. The van der Waals surface area contributed by atoms with Gasteiger partial charge in [-0.3, -0.25) is 0 Å².